The Hall–Kier alpha value is -1.61. The van der Waals surface area contributed by atoms with Crippen molar-refractivity contribution in [1.29, 1.82) is 0 Å². The van der Waals surface area contributed by atoms with E-state index in [2.05, 4.69) is 16.9 Å². The smallest absolute Gasteiger partial charge is 0.224 e. The molecule has 0 aliphatic rings. The number of rotatable bonds is 3. The second-order valence-electron chi connectivity index (χ2n) is 3.64. The van der Waals surface area contributed by atoms with Gasteiger partial charge in [0.1, 0.15) is 16.7 Å². The van der Waals surface area contributed by atoms with E-state index in [-0.39, 0.29) is 0 Å². The van der Waals surface area contributed by atoms with Crippen molar-refractivity contribution >= 4 is 11.6 Å². The first-order valence-corrected chi connectivity index (χ1v) is 5.83. The number of hydrogen-bond donors (Lipinski definition) is 0. The molecule has 0 saturated carbocycles. The minimum Gasteiger partial charge on any atom is -0.439 e. The molecule has 0 unspecified atom stereocenters. The van der Waals surface area contributed by atoms with Gasteiger partial charge in [-0.25, -0.2) is 4.98 Å². The fourth-order valence-electron chi connectivity index (χ4n) is 1.57. The summed E-state index contributed by atoms with van der Waals surface area (Å²) in [6, 6.07) is 9.49. The molecule has 0 bridgehead atoms. The highest BCUT2D eigenvalue weighted by molar-refractivity contribution is 6.29. The van der Waals surface area contributed by atoms with Crippen molar-refractivity contribution in [1.82, 2.24) is 9.97 Å². The molecule has 0 aliphatic heterocycles. The lowest BCUT2D eigenvalue weighted by Gasteiger charge is -2.09. The van der Waals surface area contributed by atoms with Crippen molar-refractivity contribution in [2.24, 2.45) is 0 Å². The number of aryl methyl sites for hydroxylation is 2. The summed E-state index contributed by atoms with van der Waals surface area (Å²) < 4.78 is 5.73. The van der Waals surface area contributed by atoms with Gasteiger partial charge in [0.2, 0.25) is 5.88 Å². The van der Waals surface area contributed by atoms with Crippen LogP contribution in [0.5, 0.6) is 11.6 Å². The largest absolute Gasteiger partial charge is 0.439 e. The van der Waals surface area contributed by atoms with Crippen LogP contribution in [0, 0.1) is 6.92 Å². The van der Waals surface area contributed by atoms with Gasteiger partial charge in [0.25, 0.3) is 0 Å². The van der Waals surface area contributed by atoms with Crippen LogP contribution in [0.25, 0.3) is 0 Å². The Kier molecular flexibility index (Phi) is 3.59. The number of nitrogens with zero attached hydrogens (tertiary/aromatic N) is 2. The van der Waals surface area contributed by atoms with Crippen LogP contribution in [-0.2, 0) is 6.42 Å². The number of para-hydroxylation sites is 1. The highest BCUT2D eigenvalue weighted by Gasteiger charge is 2.05. The van der Waals surface area contributed by atoms with Crippen LogP contribution < -0.4 is 4.74 Å². The summed E-state index contributed by atoms with van der Waals surface area (Å²) in [4.78, 5) is 8.18. The Morgan fingerprint density at radius 1 is 1.24 bits per heavy atom. The summed E-state index contributed by atoms with van der Waals surface area (Å²) in [7, 11) is 0. The number of hydrogen-bond acceptors (Lipinski definition) is 3. The molecule has 0 atom stereocenters. The summed E-state index contributed by atoms with van der Waals surface area (Å²) in [5, 5.41) is 0.390. The molecule has 0 N–H and O–H groups in total. The average molecular weight is 249 g/mol. The average Bonchev–Trinajstić information content (AvgIpc) is 2.28. The van der Waals surface area contributed by atoms with Crippen molar-refractivity contribution < 1.29 is 4.74 Å². The van der Waals surface area contributed by atoms with Gasteiger partial charge in [-0.05, 0) is 25.0 Å². The standard InChI is InChI=1S/C13H13ClN2O/c1-3-10-6-4-5-7-11(10)17-13-8-12(14)15-9(2)16-13/h4-8H,3H2,1-2H3. The summed E-state index contributed by atoms with van der Waals surface area (Å²) in [5.74, 6) is 1.88. The second-order valence-corrected chi connectivity index (χ2v) is 4.03. The van der Waals surface area contributed by atoms with Gasteiger partial charge >= 0.3 is 0 Å². The molecule has 0 spiro atoms. The highest BCUT2D eigenvalue weighted by Crippen LogP contribution is 2.25. The van der Waals surface area contributed by atoms with E-state index in [0.717, 1.165) is 17.7 Å². The maximum atomic E-state index is 5.86. The third kappa shape index (κ3) is 2.94. The molecule has 88 valence electrons. The fraction of sp³-hybridized carbons (Fsp3) is 0.231. The van der Waals surface area contributed by atoms with E-state index in [1.165, 1.54) is 0 Å². The molecule has 1 aromatic heterocycles. The topological polar surface area (TPSA) is 35.0 Å². The Balaban J connectivity index is 2.31. The van der Waals surface area contributed by atoms with E-state index in [1.54, 1.807) is 13.0 Å². The maximum absolute atomic E-state index is 5.86. The van der Waals surface area contributed by atoms with Crippen molar-refractivity contribution in [2.75, 3.05) is 0 Å². The molecule has 2 aromatic rings. The Morgan fingerprint density at radius 2 is 2.00 bits per heavy atom. The lowest BCUT2D eigenvalue weighted by molar-refractivity contribution is 0.454. The van der Waals surface area contributed by atoms with E-state index in [4.69, 9.17) is 16.3 Å². The van der Waals surface area contributed by atoms with Crippen LogP contribution in [0.1, 0.15) is 18.3 Å². The van der Waals surface area contributed by atoms with Gasteiger partial charge in [-0.3, -0.25) is 0 Å². The molecule has 1 aromatic carbocycles. The quantitative estimate of drug-likeness (QED) is 0.775. The van der Waals surface area contributed by atoms with Gasteiger partial charge in [-0.2, -0.15) is 4.98 Å². The first-order chi connectivity index (χ1) is 8.19. The molecular weight excluding hydrogens is 236 g/mol. The van der Waals surface area contributed by atoms with Crippen LogP contribution in [0.4, 0.5) is 0 Å². The van der Waals surface area contributed by atoms with Crippen molar-refractivity contribution in [3.8, 4) is 11.6 Å². The highest BCUT2D eigenvalue weighted by atomic mass is 35.5. The predicted molar refractivity (Wildman–Crippen MR) is 67.7 cm³/mol. The Labute approximate surface area is 105 Å². The Bertz CT molecular complexity index is 508. The number of aromatic nitrogens is 2. The Morgan fingerprint density at radius 3 is 2.71 bits per heavy atom. The minimum atomic E-state index is 0.390. The molecule has 0 aliphatic carbocycles. The van der Waals surface area contributed by atoms with Gasteiger partial charge in [0.15, 0.2) is 0 Å². The number of benzene rings is 1. The van der Waals surface area contributed by atoms with Crippen LogP contribution in [0.3, 0.4) is 0 Å². The van der Waals surface area contributed by atoms with E-state index in [1.807, 2.05) is 24.3 Å². The summed E-state index contributed by atoms with van der Waals surface area (Å²) in [5.41, 5.74) is 1.14. The molecule has 1 heterocycles. The fourth-order valence-corrected chi connectivity index (χ4v) is 1.78. The molecule has 4 heteroatoms. The molecule has 17 heavy (non-hydrogen) atoms. The molecule has 3 nitrogen and oxygen atoms in total. The van der Waals surface area contributed by atoms with E-state index >= 15 is 0 Å². The van der Waals surface area contributed by atoms with Gasteiger partial charge in [0.05, 0.1) is 0 Å². The first-order valence-electron chi connectivity index (χ1n) is 5.46. The SMILES string of the molecule is CCc1ccccc1Oc1cc(Cl)nc(C)n1. The number of ether oxygens (including phenoxy) is 1. The number of halogens is 1. The van der Waals surface area contributed by atoms with Crippen LogP contribution in [0.2, 0.25) is 5.15 Å². The maximum Gasteiger partial charge on any atom is 0.224 e. The van der Waals surface area contributed by atoms with E-state index < -0.39 is 0 Å². The van der Waals surface area contributed by atoms with Gasteiger partial charge < -0.3 is 4.74 Å². The molecule has 0 saturated heterocycles. The second kappa shape index (κ2) is 5.15. The lowest BCUT2D eigenvalue weighted by atomic mass is 10.1. The van der Waals surface area contributed by atoms with Crippen molar-refractivity contribution in [3.63, 3.8) is 0 Å². The van der Waals surface area contributed by atoms with E-state index in [9.17, 15) is 0 Å². The van der Waals surface area contributed by atoms with Crippen molar-refractivity contribution in [3.05, 3.63) is 46.9 Å². The summed E-state index contributed by atoms with van der Waals surface area (Å²) in [6.07, 6.45) is 0.911. The molecule has 0 fully saturated rings. The van der Waals surface area contributed by atoms with Crippen LogP contribution in [0.15, 0.2) is 30.3 Å². The third-order valence-corrected chi connectivity index (χ3v) is 2.54. The first kappa shape index (κ1) is 11.9. The van der Waals surface area contributed by atoms with Gasteiger partial charge in [-0.15, -0.1) is 0 Å². The monoisotopic (exact) mass is 248 g/mol. The normalized spacial score (nSPS) is 10.3. The lowest BCUT2D eigenvalue weighted by Crippen LogP contribution is -1.95. The third-order valence-electron chi connectivity index (χ3n) is 2.35. The molecule has 0 amide bonds. The summed E-state index contributed by atoms with van der Waals surface area (Å²) >= 11 is 5.86. The van der Waals surface area contributed by atoms with Crippen LogP contribution >= 0.6 is 11.6 Å². The zero-order valence-electron chi connectivity index (χ0n) is 9.77. The zero-order valence-corrected chi connectivity index (χ0v) is 10.5. The van der Waals surface area contributed by atoms with Crippen LogP contribution in [-0.4, -0.2) is 9.97 Å². The molecular formula is C13H13ClN2O. The van der Waals surface area contributed by atoms with Gasteiger partial charge in [0, 0.05) is 6.07 Å². The molecule has 0 radical (unpaired) electrons. The van der Waals surface area contributed by atoms with Crippen molar-refractivity contribution in [2.45, 2.75) is 20.3 Å². The van der Waals surface area contributed by atoms with E-state index in [0.29, 0.717) is 16.9 Å². The van der Waals surface area contributed by atoms with Gasteiger partial charge in [-0.1, -0.05) is 36.7 Å². The summed E-state index contributed by atoms with van der Waals surface area (Å²) in [6.45, 7) is 3.87. The minimum absolute atomic E-state index is 0.390. The predicted octanol–water partition coefficient (Wildman–Crippen LogP) is 3.79. The molecule has 2 rings (SSSR count). The zero-order chi connectivity index (χ0) is 12.3.